The molecular formula is C29H47N3O6. The fraction of sp³-hybridized carbons (Fsp3) is 0.655. The lowest BCUT2D eigenvalue weighted by atomic mass is 9.94. The molecule has 0 bridgehead atoms. The van der Waals surface area contributed by atoms with Crippen molar-refractivity contribution in [1.29, 1.82) is 0 Å². The number of nitrogens with one attached hydrogen (secondary N) is 2. The van der Waals surface area contributed by atoms with Crippen LogP contribution in [0.25, 0.3) is 0 Å². The first-order chi connectivity index (χ1) is 17.7. The largest absolute Gasteiger partial charge is 0.466 e. The highest BCUT2D eigenvalue weighted by Crippen LogP contribution is 2.29. The van der Waals surface area contributed by atoms with Gasteiger partial charge in [0.1, 0.15) is 17.7 Å². The highest BCUT2D eigenvalue weighted by molar-refractivity contribution is 5.92. The maximum atomic E-state index is 14.2. The molecule has 3 amide bonds. The number of rotatable bonds is 13. The number of benzene rings is 1. The van der Waals surface area contributed by atoms with Crippen LogP contribution in [0.1, 0.15) is 91.8 Å². The van der Waals surface area contributed by atoms with E-state index < -0.39 is 35.7 Å². The van der Waals surface area contributed by atoms with Gasteiger partial charge in [0.15, 0.2) is 0 Å². The van der Waals surface area contributed by atoms with E-state index in [0.29, 0.717) is 18.4 Å². The molecule has 214 valence electrons. The molecule has 3 atom stereocenters. The summed E-state index contributed by atoms with van der Waals surface area (Å²) in [5, 5.41) is 5.57. The lowest BCUT2D eigenvalue weighted by Gasteiger charge is -2.39. The third-order valence-corrected chi connectivity index (χ3v) is 5.96. The summed E-state index contributed by atoms with van der Waals surface area (Å²) in [6.07, 6.45) is 0.293. The first-order valence-electron chi connectivity index (χ1n) is 13.5. The van der Waals surface area contributed by atoms with Crippen molar-refractivity contribution in [3.63, 3.8) is 0 Å². The summed E-state index contributed by atoms with van der Waals surface area (Å²) in [5.74, 6) is -1.09. The Kier molecular flexibility index (Phi) is 13.3. The fourth-order valence-corrected chi connectivity index (χ4v) is 4.05. The molecule has 9 nitrogen and oxygen atoms in total. The second-order valence-corrected chi connectivity index (χ2v) is 10.9. The Balaban J connectivity index is 3.46. The normalized spacial score (nSPS) is 13.7. The van der Waals surface area contributed by atoms with Crippen LogP contribution in [-0.4, -0.2) is 59.6 Å². The number of ether oxygens (including phenoxy) is 2. The minimum atomic E-state index is -0.962. The van der Waals surface area contributed by atoms with Gasteiger partial charge in [-0.1, -0.05) is 45.0 Å². The average Bonchev–Trinajstić information content (AvgIpc) is 2.80. The molecule has 0 aliphatic carbocycles. The lowest BCUT2D eigenvalue weighted by molar-refractivity contribution is -0.146. The SMILES string of the molecule is CCOC(=O)CCNC(=O)C(c1ccccc1C)N(C(=O)C(CC(C)C)NC(=O)OC(C)(C)C)C(C)CC. The molecule has 0 radical (unpaired) electrons. The molecule has 0 aliphatic heterocycles. The molecule has 0 saturated carbocycles. The summed E-state index contributed by atoms with van der Waals surface area (Å²) in [4.78, 5) is 53.9. The zero-order valence-electron chi connectivity index (χ0n) is 24.6. The molecule has 38 heavy (non-hydrogen) atoms. The highest BCUT2D eigenvalue weighted by Gasteiger charge is 2.39. The first kappa shape index (κ1) is 32.9. The van der Waals surface area contributed by atoms with Gasteiger partial charge in [0.25, 0.3) is 0 Å². The monoisotopic (exact) mass is 533 g/mol. The number of hydrogen-bond acceptors (Lipinski definition) is 6. The number of carbonyl (C=O) groups excluding carboxylic acids is 4. The molecule has 0 saturated heterocycles. The number of aryl methyl sites for hydroxylation is 1. The topological polar surface area (TPSA) is 114 Å². The van der Waals surface area contributed by atoms with E-state index in [9.17, 15) is 19.2 Å². The Bertz CT molecular complexity index is 940. The van der Waals surface area contributed by atoms with Crippen LogP contribution in [-0.2, 0) is 23.9 Å². The Labute approximate surface area is 228 Å². The first-order valence-corrected chi connectivity index (χ1v) is 13.5. The molecular weight excluding hydrogens is 486 g/mol. The van der Waals surface area contributed by atoms with Crippen molar-refractivity contribution in [2.24, 2.45) is 5.92 Å². The molecule has 1 rings (SSSR count). The van der Waals surface area contributed by atoms with Gasteiger partial charge in [0.2, 0.25) is 11.8 Å². The van der Waals surface area contributed by atoms with E-state index in [1.54, 1.807) is 32.6 Å². The molecule has 0 aliphatic rings. The van der Waals surface area contributed by atoms with Crippen molar-refractivity contribution in [3.8, 4) is 0 Å². The average molecular weight is 534 g/mol. The van der Waals surface area contributed by atoms with Gasteiger partial charge in [-0.2, -0.15) is 0 Å². The van der Waals surface area contributed by atoms with Crippen molar-refractivity contribution in [1.82, 2.24) is 15.5 Å². The van der Waals surface area contributed by atoms with Crippen LogP contribution in [0.2, 0.25) is 0 Å². The predicted octanol–water partition coefficient (Wildman–Crippen LogP) is 4.67. The molecule has 2 N–H and O–H groups in total. The smallest absolute Gasteiger partial charge is 0.408 e. The van der Waals surface area contributed by atoms with Gasteiger partial charge in [-0.3, -0.25) is 14.4 Å². The summed E-state index contributed by atoms with van der Waals surface area (Å²) in [6, 6.07) is 5.23. The van der Waals surface area contributed by atoms with E-state index in [1.165, 1.54) is 0 Å². The Morgan fingerprint density at radius 2 is 1.66 bits per heavy atom. The minimum Gasteiger partial charge on any atom is -0.466 e. The molecule has 3 unspecified atom stereocenters. The van der Waals surface area contributed by atoms with Gasteiger partial charge in [0, 0.05) is 12.6 Å². The molecule has 0 fully saturated rings. The second kappa shape index (κ2) is 15.3. The summed E-state index contributed by atoms with van der Waals surface area (Å²) in [7, 11) is 0. The quantitative estimate of drug-likeness (QED) is 0.356. The fourth-order valence-electron chi connectivity index (χ4n) is 4.05. The maximum absolute atomic E-state index is 14.2. The number of nitrogens with zero attached hydrogens (tertiary/aromatic N) is 1. The van der Waals surface area contributed by atoms with Crippen LogP contribution in [0, 0.1) is 12.8 Å². The third-order valence-electron chi connectivity index (χ3n) is 5.96. The standard InChI is InChI=1S/C29H47N3O6/c1-10-21(6)32(27(35)23(18-19(3)4)31-28(36)38-29(7,8)9)25(22-15-13-12-14-20(22)5)26(34)30-17-16-24(33)37-11-2/h12-15,19,21,23,25H,10-11,16-18H2,1-9H3,(H,30,34)(H,31,36). The van der Waals surface area contributed by atoms with E-state index in [2.05, 4.69) is 10.6 Å². The molecule has 9 heteroatoms. The van der Waals surface area contributed by atoms with Crippen molar-refractivity contribution < 1.29 is 28.7 Å². The summed E-state index contributed by atoms with van der Waals surface area (Å²) < 4.78 is 10.4. The van der Waals surface area contributed by atoms with Crippen molar-refractivity contribution in [2.75, 3.05) is 13.2 Å². The number of alkyl carbamates (subject to hydrolysis) is 1. The van der Waals surface area contributed by atoms with Crippen LogP contribution in [0.3, 0.4) is 0 Å². The maximum Gasteiger partial charge on any atom is 0.408 e. The van der Waals surface area contributed by atoms with Gasteiger partial charge in [-0.25, -0.2) is 4.79 Å². The van der Waals surface area contributed by atoms with Crippen LogP contribution < -0.4 is 10.6 Å². The van der Waals surface area contributed by atoms with Crippen LogP contribution in [0.5, 0.6) is 0 Å². The van der Waals surface area contributed by atoms with Crippen LogP contribution in [0.4, 0.5) is 4.79 Å². The van der Waals surface area contributed by atoms with Gasteiger partial charge >= 0.3 is 12.1 Å². The van der Waals surface area contributed by atoms with Gasteiger partial charge < -0.3 is 25.0 Å². The van der Waals surface area contributed by atoms with Crippen molar-refractivity contribution in [2.45, 2.75) is 105 Å². The van der Waals surface area contributed by atoms with Gasteiger partial charge in [-0.15, -0.1) is 0 Å². The summed E-state index contributed by atoms with van der Waals surface area (Å²) >= 11 is 0. The highest BCUT2D eigenvalue weighted by atomic mass is 16.6. The van der Waals surface area contributed by atoms with Crippen molar-refractivity contribution in [3.05, 3.63) is 35.4 Å². The number of amides is 3. The zero-order valence-corrected chi connectivity index (χ0v) is 24.6. The zero-order chi connectivity index (χ0) is 29.0. The van der Waals surface area contributed by atoms with E-state index in [4.69, 9.17) is 9.47 Å². The van der Waals surface area contributed by atoms with Crippen molar-refractivity contribution >= 4 is 23.9 Å². The lowest BCUT2D eigenvalue weighted by Crippen LogP contribution is -2.56. The number of hydrogen-bond donors (Lipinski definition) is 2. The summed E-state index contributed by atoms with van der Waals surface area (Å²) in [5.41, 5.74) is 0.795. The van der Waals surface area contributed by atoms with Gasteiger partial charge in [-0.05, 0) is 71.4 Å². The number of esters is 1. The van der Waals surface area contributed by atoms with Crippen LogP contribution in [0.15, 0.2) is 24.3 Å². The Morgan fingerprint density at radius 3 is 2.18 bits per heavy atom. The molecule has 0 aromatic heterocycles. The predicted molar refractivity (Wildman–Crippen MR) is 147 cm³/mol. The number of carbonyl (C=O) groups is 4. The van der Waals surface area contributed by atoms with E-state index >= 15 is 0 Å². The molecule has 0 heterocycles. The molecule has 0 spiro atoms. The Morgan fingerprint density at radius 1 is 1.03 bits per heavy atom. The van der Waals surface area contributed by atoms with E-state index in [1.807, 2.05) is 58.9 Å². The third kappa shape index (κ3) is 10.7. The second-order valence-electron chi connectivity index (χ2n) is 10.9. The molecule has 1 aromatic carbocycles. The Hall–Kier alpha value is -3.10. The van der Waals surface area contributed by atoms with E-state index in [-0.39, 0.29) is 37.4 Å². The molecule has 1 aromatic rings. The van der Waals surface area contributed by atoms with Crippen LogP contribution >= 0.6 is 0 Å². The van der Waals surface area contributed by atoms with E-state index in [0.717, 1.165) is 5.56 Å². The summed E-state index contributed by atoms with van der Waals surface area (Å²) in [6.45, 7) is 17.0. The minimum absolute atomic E-state index is 0.0214. The van der Waals surface area contributed by atoms with Gasteiger partial charge in [0.05, 0.1) is 13.0 Å².